The van der Waals surface area contributed by atoms with Crippen molar-refractivity contribution in [2.45, 2.75) is 19.3 Å². The number of allylic oxidation sites excluding steroid dienone is 1. The smallest absolute Gasteiger partial charge is 0.323 e. The van der Waals surface area contributed by atoms with Crippen molar-refractivity contribution >= 4 is 11.9 Å². The molecule has 0 heterocycles. The van der Waals surface area contributed by atoms with Gasteiger partial charge in [0.2, 0.25) is 0 Å². The summed E-state index contributed by atoms with van der Waals surface area (Å²) in [6.45, 7) is 3.76. The van der Waals surface area contributed by atoms with E-state index >= 15 is 0 Å². The summed E-state index contributed by atoms with van der Waals surface area (Å²) in [5.74, 6) is -1.07. The molecule has 2 rings (SSSR count). The molecule has 112 valence electrons. The highest BCUT2D eigenvalue weighted by Gasteiger charge is 2.67. The Labute approximate surface area is 124 Å². The Hall–Kier alpha value is -2.10. The molecular formula is C17H20O4. The molecule has 21 heavy (non-hydrogen) atoms. The second kappa shape index (κ2) is 6.12. The van der Waals surface area contributed by atoms with Crippen LogP contribution in [0.25, 0.3) is 0 Å². The molecule has 0 radical (unpaired) electrons. The van der Waals surface area contributed by atoms with E-state index < -0.39 is 17.4 Å². The summed E-state index contributed by atoms with van der Waals surface area (Å²) in [6.07, 6.45) is 3.76. The van der Waals surface area contributed by atoms with E-state index in [1.807, 2.05) is 30.3 Å². The van der Waals surface area contributed by atoms with Crippen LogP contribution in [-0.4, -0.2) is 26.2 Å². The Morgan fingerprint density at radius 3 is 2.33 bits per heavy atom. The zero-order chi connectivity index (χ0) is 15.5. The molecular weight excluding hydrogens is 268 g/mol. The average molecular weight is 288 g/mol. The minimum absolute atomic E-state index is 0.0663. The fraction of sp³-hybridized carbons (Fsp3) is 0.412. The van der Waals surface area contributed by atoms with E-state index in [9.17, 15) is 9.59 Å². The lowest BCUT2D eigenvalue weighted by Crippen LogP contribution is -2.31. The van der Waals surface area contributed by atoms with E-state index in [2.05, 4.69) is 6.58 Å². The summed E-state index contributed by atoms with van der Waals surface area (Å²) in [5, 5.41) is 0. The van der Waals surface area contributed by atoms with Gasteiger partial charge in [-0.3, -0.25) is 9.59 Å². The maximum atomic E-state index is 12.0. The van der Waals surface area contributed by atoms with Crippen molar-refractivity contribution < 1.29 is 19.1 Å². The molecule has 0 aromatic heterocycles. The third-order valence-corrected chi connectivity index (χ3v) is 4.15. The van der Waals surface area contributed by atoms with Crippen molar-refractivity contribution in [1.29, 1.82) is 0 Å². The molecule has 1 aliphatic rings. The van der Waals surface area contributed by atoms with Crippen molar-refractivity contribution in [3.05, 3.63) is 48.0 Å². The first kappa shape index (κ1) is 15.3. The first-order valence-corrected chi connectivity index (χ1v) is 6.94. The van der Waals surface area contributed by atoms with Gasteiger partial charge in [0.05, 0.1) is 14.2 Å². The summed E-state index contributed by atoms with van der Waals surface area (Å²) < 4.78 is 9.58. The molecule has 1 unspecified atom stereocenters. The van der Waals surface area contributed by atoms with Crippen molar-refractivity contribution in [2.75, 3.05) is 14.2 Å². The number of methoxy groups -OCH3 is 2. The summed E-state index contributed by atoms with van der Waals surface area (Å²) in [7, 11) is 2.60. The zero-order valence-electron chi connectivity index (χ0n) is 12.4. The molecule has 1 aromatic carbocycles. The second-order valence-electron chi connectivity index (χ2n) is 5.32. The lowest BCUT2D eigenvalue weighted by Gasteiger charge is -2.13. The summed E-state index contributed by atoms with van der Waals surface area (Å²) in [5.41, 5.74) is 1.19. The van der Waals surface area contributed by atoms with E-state index in [4.69, 9.17) is 9.47 Å². The number of rotatable bonds is 6. The first-order chi connectivity index (χ1) is 10.1. The molecule has 0 saturated heterocycles. The van der Waals surface area contributed by atoms with Crippen LogP contribution in [0.15, 0.2) is 36.9 Å². The van der Waals surface area contributed by atoms with Crippen LogP contribution in [0.2, 0.25) is 0 Å². The van der Waals surface area contributed by atoms with E-state index in [1.54, 1.807) is 0 Å². The summed E-state index contributed by atoms with van der Waals surface area (Å²) >= 11 is 0. The lowest BCUT2D eigenvalue weighted by atomic mass is 9.95. The van der Waals surface area contributed by atoms with E-state index in [-0.39, 0.29) is 5.92 Å². The predicted molar refractivity (Wildman–Crippen MR) is 78.6 cm³/mol. The van der Waals surface area contributed by atoms with Crippen LogP contribution < -0.4 is 0 Å². The zero-order valence-corrected chi connectivity index (χ0v) is 12.4. The fourth-order valence-electron chi connectivity index (χ4n) is 2.90. The Kier molecular flexibility index (Phi) is 4.46. The molecule has 0 amide bonds. The van der Waals surface area contributed by atoms with Crippen molar-refractivity contribution in [1.82, 2.24) is 0 Å². The van der Waals surface area contributed by atoms with Gasteiger partial charge in [0.25, 0.3) is 0 Å². The monoisotopic (exact) mass is 288 g/mol. The number of carbonyl (C=O) groups excluding carboxylic acids is 2. The van der Waals surface area contributed by atoms with Crippen LogP contribution in [-0.2, 0) is 31.9 Å². The van der Waals surface area contributed by atoms with Crippen LogP contribution in [0.4, 0.5) is 0 Å². The van der Waals surface area contributed by atoms with Crippen LogP contribution in [0.1, 0.15) is 17.5 Å². The summed E-state index contributed by atoms with van der Waals surface area (Å²) in [6, 6.07) is 8.00. The first-order valence-electron chi connectivity index (χ1n) is 6.94. The van der Waals surface area contributed by atoms with Gasteiger partial charge in [0.1, 0.15) is 0 Å². The van der Waals surface area contributed by atoms with E-state index in [1.165, 1.54) is 19.8 Å². The Morgan fingerprint density at radius 2 is 1.81 bits per heavy atom. The van der Waals surface area contributed by atoms with E-state index in [0.29, 0.717) is 12.8 Å². The number of esters is 2. The molecule has 0 aliphatic heterocycles. The quantitative estimate of drug-likeness (QED) is 0.458. The lowest BCUT2D eigenvalue weighted by molar-refractivity contribution is -0.162. The highest BCUT2D eigenvalue weighted by atomic mass is 16.5. The van der Waals surface area contributed by atoms with Crippen LogP contribution in [0, 0.1) is 11.3 Å². The SMILES string of the molecule is C=CCc1ccccc1CC1CC1(C(=O)OC)C(=O)OC. The van der Waals surface area contributed by atoms with Gasteiger partial charge < -0.3 is 9.47 Å². The molecule has 1 atom stereocenters. The number of benzene rings is 1. The summed E-state index contributed by atoms with van der Waals surface area (Å²) in [4.78, 5) is 23.9. The van der Waals surface area contributed by atoms with Gasteiger partial charge in [-0.1, -0.05) is 30.3 Å². The molecule has 4 nitrogen and oxygen atoms in total. The van der Waals surface area contributed by atoms with Gasteiger partial charge in [0.15, 0.2) is 5.41 Å². The van der Waals surface area contributed by atoms with Gasteiger partial charge >= 0.3 is 11.9 Å². The highest BCUT2D eigenvalue weighted by molar-refractivity contribution is 6.03. The van der Waals surface area contributed by atoms with Crippen molar-refractivity contribution in [2.24, 2.45) is 11.3 Å². The van der Waals surface area contributed by atoms with Gasteiger partial charge in [-0.25, -0.2) is 0 Å². The minimum Gasteiger partial charge on any atom is -0.468 e. The topological polar surface area (TPSA) is 52.6 Å². The standard InChI is InChI=1S/C17H20O4/c1-4-7-12-8-5-6-9-13(12)10-14-11-17(14,15(18)20-2)16(19)21-3/h4-6,8-9,14H,1,7,10-11H2,2-3H3. The van der Waals surface area contributed by atoms with Gasteiger partial charge in [-0.05, 0) is 36.3 Å². The molecule has 0 bridgehead atoms. The molecule has 1 aliphatic carbocycles. The van der Waals surface area contributed by atoms with Crippen molar-refractivity contribution in [3.8, 4) is 0 Å². The number of carbonyl (C=O) groups is 2. The number of hydrogen-bond acceptors (Lipinski definition) is 4. The third-order valence-electron chi connectivity index (χ3n) is 4.15. The highest BCUT2D eigenvalue weighted by Crippen LogP contribution is 2.56. The minimum atomic E-state index is -1.12. The van der Waals surface area contributed by atoms with Gasteiger partial charge in [-0.2, -0.15) is 0 Å². The Bertz CT molecular complexity index is 546. The predicted octanol–water partition coefficient (Wildman–Crippen LogP) is 2.31. The normalized spacial score (nSPS) is 18.7. The van der Waals surface area contributed by atoms with E-state index in [0.717, 1.165) is 12.0 Å². The number of hydrogen-bond donors (Lipinski definition) is 0. The van der Waals surface area contributed by atoms with Crippen LogP contribution in [0.5, 0.6) is 0 Å². The maximum absolute atomic E-state index is 12.0. The molecule has 1 fully saturated rings. The molecule has 4 heteroatoms. The maximum Gasteiger partial charge on any atom is 0.323 e. The average Bonchev–Trinajstić information content (AvgIpc) is 3.23. The fourth-order valence-corrected chi connectivity index (χ4v) is 2.90. The van der Waals surface area contributed by atoms with Crippen molar-refractivity contribution in [3.63, 3.8) is 0 Å². The van der Waals surface area contributed by atoms with Crippen LogP contribution in [0.3, 0.4) is 0 Å². The molecule has 1 aromatic rings. The van der Waals surface area contributed by atoms with Crippen LogP contribution >= 0.6 is 0 Å². The Balaban J connectivity index is 2.20. The number of ether oxygens (including phenoxy) is 2. The molecule has 0 spiro atoms. The molecule has 0 N–H and O–H groups in total. The van der Waals surface area contributed by atoms with Gasteiger partial charge in [0, 0.05) is 0 Å². The third kappa shape index (κ3) is 2.71. The largest absolute Gasteiger partial charge is 0.468 e. The Morgan fingerprint density at radius 1 is 1.24 bits per heavy atom. The van der Waals surface area contributed by atoms with Gasteiger partial charge in [-0.15, -0.1) is 6.58 Å². The molecule has 1 saturated carbocycles. The second-order valence-corrected chi connectivity index (χ2v) is 5.32.